The second-order valence-corrected chi connectivity index (χ2v) is 8.17. The van der Waals surface area contributed by atoms with Crippen LogP contribution in [0.25, 0.3) is 0 Å². The summed E-state index contributed by atoms with van der Waals surface area (Å²) in [7, 11) is 0. The maximum Gasteiger partial charge on any atom is 0.338 e. The summed E-state index contributed by atoms with van der Waals surface area (Å²) < 4.78 is 11.2. The Balaban J connectivity index is 1.90. The van der Waals surface area contributed by atoms with E-state index in [1.807, 2.05) is 19.9 Å². The number of amides is 2. The number of esters is 1. The van der Waals surface area contributed by atoms with Crippen molar-refractivity contribution in [1.29, 1.82) is 0 Å². The standard InChI is InChI=1S/C23H24Cl2N2O4/c1-4-30-22(28)19-20(13(2)3)26-23(29)27-21(19)14-6-5-7-17(10-14)31-12-15-8-9-16(24)11-18(15)25/h5-11,13,21H,4,12H2,1-3H3,(H2,26,27,29). The summed E-state index contributed by atoms with van der Waals surface area (Å²) in [5.74, 6) is 0.0352. The zero-order valence-electron chi connectivity index (χ0n) is 17.5. The molecule has 2 N–H and O–H groups in total. The molecule has 31 heavy (non-hydrogen) atoms. The van der Waals surface area contributed by atoms with Crippen molar-refractivity contribution in [1.82, 2.24) is 10.6 Å². The third-order valence-electron chi connectivity index (χ3n) is 4.78. The molecule has 1 atom stereocenters. The molecule has 2 aromatic rings. The minimum Gasteiger partial charge on any atom is -0.489 e. The van der Waals surface area contributed by atoms with Gasteiger partial charge in [-0.3, -0.25) is 0 Å². The second kappa shape index (κ2) is 10.1. The van der Waals surface area contributed by atoms with Crippen LogP contribution in [-0.4, -0.2) is 18.6 Å². The smallest absolute Gasteiger partial charge is 0.338 e. The molecule has 6 nitrogen and oxygen atoms in total. The van der Waals surface area contributed by atoms with Crippen LogP contribution in [0.2, 0.25) is 10.0 Å². The van der Waals surface area contributed by atoms with Gasteiger partial charge in [0, 0.05) is 21.3 Å². The lowest BCUT2D eigenvalue weighted by Crippen LogP contribution is -2.47. The maximum absolute atomic E-state index is 12.7. The quantitative estimate of drug-likeness (QED) is 0.540. The molecular formula is C23H24Cl2N2O4. The molecule has 2 aromatic carbocycles. The third kappa shape index (κ3) is 5.51. The van der Waals surface area contributed by atoms with E-state index in [0.29, 0.717) is 32.6 Å². The summed E-state index contributed by atoms with van der Waals surface area (Å²) in [5.41, 5.74) is 2.43. The van der Waals surface area contributed by atoms with Crippen molar-refractivity contribution >= 4 is 35.2 Å². The van der Waals surface area contributed by atoms with Crippen molar-refractivity contribution < 1.29 is 19.1 Å². The molecule has 0 fully saturated rings. The van der Waals surface area contributed by atoms with Crippen LogP contribution in [0, 0.1) is 5.92 Å². The second-order valence-electron chi connectivity index (χ2n) is 7.33. The molecule has 2 amide bonds. The van der Waals surface area contributed by atoms with Crippen LogP contribution < -0.4 is 15.4 Å². The van der Waals surface area contributed by atoms with Crippen molar-refractivity contribution in [3.63, 3.8) is 0 Å². The number of halogens is 2. The van der Waals surface area contributed by atoms with Gasteiger partial charge < -0.3 is 20.1 Å². The van der Waals surface area contributed by atoms with Crippen molar-refractivity contribution in [2.75, 3.05) is 6.61 Å². The first-order valence-electron chi connectivity index (χ1n) is 9.95. The Morgan fingerprint density at radius 2 is 1.94 bits per heavy atom. The fourth-order valence-corrected chi connectivity index (χ4v) is 3.77. The topological polar surface area (TPSA) is 76.7 Å². The number of urea groups is 1. The van der Waals surface area contributed by atoms with Gasteiger partial charge in [-0.2, -0.15) is 0 Å². The molecule has 0 radical (unpaired) electrons. The first-order valence-corrected chi connectivity index (χ1v) is 10.7. The fraction of sp³-hybridized carbons (Fsp3) is 0.304. The summed E-state index contributed by atoms with van der Waals surface area (Å²) >= 11 is 12.2. The highest BCUT2D eigenvalue weighted by Gasteiger charge is 2.34. The number of hydrogen-bond acceptors (Lipinski definition) is 4. The Bertz CT molecular complexity index is 1020. The zero-order chi connectivity index (χ0) is 22.5. The lowest BCUT2D eigenvalue weighted by molar-refractivity contribution is -0.139. The number of rotatable bonds is 7. The highest BCUT2D eigenvalue weighted by molar-refractivity contribution is 6.35. The van der Waals surface area contributed by atoms with E-state index >= 15 is 0 Å². The van der Waals surface area contributed by atoms with E-state index in [4.69, 9.17) is 32.7 Å². The fourth-order valence-electron chi connectivity index (χ4n) is 3.31. The molecule has 0 aliphatic carbocycles. The molecule has 8 heteroatoms. The van der Waals surface area contributed by atoms with E-state index in [1.165, 1.54) is 0 Å². The van der Waals surface area contributed by atoms with E-state index in [9.17, 15) is 9.59 Å². The lowest BCUT2D eigenvalue weighted by atomic mass is 9.91. The molecule has 0 saturated carbocycles. The van der Waals surface area contributed by atoms with Gasteiger partial charge in [0.05, 0.1) is 18.2 Å². The average molecular weight is 463 g/mol. The Hall–Kier alpha value is -2.70. The van der Waals surface area contributed by atoms with Crippen LogP contribution in [0.3, 0.4) is 0 Å². The van der Waals surface area contributed by atoms with Gasteiger partial charge in [-0.05, 0) is 42.7 Å². The molecule has 164 valence electrons. The van der Waals surface area contributed by atoms with Crippen LogP contribution in [0.4, 0.5) is 4.79 Å². The predicted octanol–water partition coefficient (Wildman–Crippen LogP) is 5.40. The first kappa shape index (κ1) is 23.0. The van der Waals surface area contributed by atoms with E-state index in [1.54, 1.807) is 43.3 Å². The van der Waals surface area contributed by atoms with Gasteiger partial charge in [0.15, 0.2) is 0 Å². The summed E-state index contributed by atoms with van der Waals surface area (Å²) in [4.78, 5) is 25.0. The van der Waals surface area contributed by atoms with Gasteiger partial charge in [0.2, 0.25) is 0 Å². The van der Waals surface area contributed by atoms with Crippen LogP contribution in [-0.2, 0) is 16.1 Å². The van der Waals surface area contributed by atoms with E-state index in [0.717, 1.165) is 5.56 Å². The molecular weight excluding hydrogens is 439 g/mol. The number of allylic oxidation sites excluding steroid dienone is 1. The SMILES string of the molecule is CCOC(=O)C1=C(C(C)C)NC(=O)NC1c1cccc(OCc2ccc(Cl)cc2Cl)c1. The molecule has 3 rings (SSSR count). The van der Waals surface area contributed by atoms with Gasteiger partial charge in [-0.25, -0.2) is 9.59 Å². The molecule has 0 bridgehead atoms. The van der Waals surface area contributed by atoms with Gasteiger partial charge in [-0.15, -0.1) is 0 Å². The third-order valence-corrected chi connectivity index (χ3v) is 5.36. The van der Waals surface area contributed by atoms with Gasteiger partial charge in [0.25, 0.3) is 0 Å². The summed E-state index contributed by atoms with van der Waals surface area (Å²) in [5, 5.41) is 6.64. The van der Waals surface area contributed by atoms with Crippen LogP contribution in [0.5, 0.6) is 5.75 Å². The Labute approximate surface area is 191 Å². The average Bonchev–Trinajstić information content (AvgIpc) is 2.72. The normalized spacial score (nSPS) is 16.1. The summed E-state index contributed by atoms with van der Waals surface area (Å²) in [6.45, 7) is 6.04. The minimum atomic E-state index is -0.659. The zero-order valence-corrected chi connectivity index (χ0v) is 19.0. The van der Waals surface area contributed by atoms with Crippen molar-refractivity contribution in [2.45, 2.75) is 33.4 Å². The largest absolute Gasteiger partial charge is 0.489 e. The van der Waals surface area contributed by atoms with Crippen molar-refractivity contribution in [2.24, 2.45) is 5.92 Å². The number of carbonyl (C=O) groups excluding carboxylic acids is 2. The molecule has 0 saturated heterocycles. The highest BCUT2D eigenvalue weighted by atomic mass is 35.5. The number of benzene rings is 2. The Kier molecular flexibility index (Phi) is 7.46. The molecule has 0 aromatic heterocycles. The summed E-state index contributed by atoms with van der Waals surface area (Å²) in [6.07, 6.45) is 0. The molecule has 1 aliphatic rings. The monoisotopic (exact) mass is 462 g/mol. The van der Waals surface area contributed by atoms with Crippen molar-refractivity contribution in [3.05, 3.63) is 74.9 Å². The van der Waals surface area contributed by atoms with E-state index < -0.39 is 12.0 Å². The van der Waals surface area contributed by atoms with E-state index in [2.05, 4.69) is 10.6 Å². The highest BCUT2D eigenvalue weighted by Crippen LogP contribution is 2.32. The van der Waals surface area contributed by atoms with Crippen LogP contribution in [0.1, 0.15) is 37.9 Å². The van der Waals surface area contributed by atoms with Gasteiger partial charge >= 0.3 is 12.0 Å². The molecule has 1 heterocycles. The summed E-state index contributed by atoms with van der Waals surface area (Å²) in [6, 6.07) is 11.4. The van der Waals surface area contributed by atoms with Crippen molar-refractivity contribution in [3.8, 4) is 5.75 Å². The molecule has 1 aliphatic heterocycles. The number of ether oxygens (including phenoxy) is 2. The maximum atomic E-state index is 12.7. The van der Waals surface area contributed by atoms with Crippen LogP contribution >= 0.6 is 23.2 Å². The Morgan fingerprint density at radius 3 is 2.61 bits per heavy atom. The van der Waals surface area contributed by atoms with Gasteiger partial charge in [0.1, 0.15) is 12.4 Å². The first-order chi connectivity index (χ1) is 14.8. The van der Waals surface area contributed by atoms with Gasteiger partial charge in [-0.1, -0.05) is 55.2 Å². The number of carbonyl (C=O) groups is 2. The molecule has 1 unspecified atom stereocenters. The van der Waals surface area contributed by atoms with Crippen LogP contribution in [0.15, 0.2) is 53.7 Å². The van der Waals surface area contributed by atoms with E-state index in [-0.39, 0.29) is 25.2 Å². The number of nitrogens with one attached hydrogen (secondary N) is 2. The Morgan fingerprint density at radius 1 is 1.16 bits per heavy atom. The minimum absolute atomic E-state index is 0.0700. The molecule has 0 spiro atoms. The number of hydrogen-bond donors (Lipinski definition) is 2. The lowest BCUT2D eigenvalue weighted by Gasteiger charge is -2.31. The predicted molar refractivity (Wildman–Crippen MR) is 120 cm³/mol.